The van der Waals surface area contributed by atoms with E-state index in [9.17, 15) is 4.39 Å². The first kappa shape index (κ1) is 23.6. The van der Waals surface area contributed by atoms with Crippen LogP contribution < -0.4 is 0 Å². The Bertz CT molecular complexity index is 1000. The third-order valence-electron chi connectivity index (χ3n) is 7.34. The summed E-state index contributed by atoms with van der Waals surface area (Å²) in [4.78, 5) is 0. The van der Waals surface area contributed by atoms with Gasteiger partial charge in [-0.2, -0.15) is 0 Å². The van der Waals surface area contributed by atoms with Gasteiger partial charge in [-0.3, -0.25) is 4.39 Å². The van der Waals surface area contributed by atoms with E-state index in [0.717, 1.165) is 43.2 Å². The molecule has 3 heteroatoms. The highest BCUT2D eigenvalue weighted by Crippen LogP contribution is 2.44. The quantitative estimate of drug-likeness (QED) is 0.321. The Morgan fingerprint density at radius 2 is 1.42 bits per heavy atom. The Morgan fingerprint density at radius 3 is 2.06 bits per heavy atom. The molecule has 3 aromatic rings. The molecule has 0 bridgehead atoms. The van der Waals surface area contributed by atoms with Crippen molar-refractivity contribution < 1.29 is 13.2 Å². The lowest BCUT2D eigenvalue weighted by molar-refractivity contribution is 0.176. The minimum atomic E-state index is -0.566. The van der Waals surface area contributed by atoms with Crippen LogP contribution >= 0.6 is 0 Å². The highest BCUT2D eigenvalue weighted by molar-refractivity contribution is 5.71. The minimum absolute atomic E-state index is 0.00823. The van der Waals surface area contributed by atoms with Gasteiger partial charge < -0.3 is 0 Å². The van der Waals surface area contributed by atoms with Crippen LogP contribution in [0.2, 0.25) is 0 Å². The summed E-state index contributed by atoms with van der Waals surface area (Å²) >= 11 is 0. The van der Waals surface area contributed by atoms with Crippen molar-refractivity contribution in [3.8, 4) is 22.3 Å². The number of alkyl halides is 1. The van der Waals surface area contributed by atoms with Crippen LogP contribution in [0.4, 0.5) is 13.2 Å². The largest absolute Gasteiger partial charge is 0.251 e. The highest BCUT2D eigenvalue weighted by Gasteiger charge is 2.33. The topological polar surface area (TPSA) is 0 Å². The average molecular weight is 451 g/mol. The van der Waals surface area contributed by atoms with E-state index < -0.39 is 18.3 Å². The predicted octanol–water partition coefficient (Wildman–Crippen LogP) is 9.35. The van der Waals surface area contributed by atoms with E-state index in [0.29, 0.717) is 29.4 Å². The van der Waals surface area contributed by atoms with Gasteiger partial charge >= 0.3 is 0 Å². The monoisotopic (exact) mass is 450 g/mol. The maximum absolute atomic E-state index is 15.3. The highest BCUT2D eigenvalue weighted by atomic mass is 19.1. The van der Waals surface area contributed by atoms with Gasteiger partial charge in [0.15, 0.2) is 0 Å². The molecular weight excluding hydrogens is 417 g/mol. The van der Waals surface area contributed by atoms with Gasteiger partial charge in [-0.25, -0.2) is 8.78 Å². The molecule has 3 aromatic carbocycles. The molecule has 4 rings (SSSR count). The lowest BCUT2D eigenvalue weighted by Crippen LogP contribution is -2.26. The second kappa shape index (κ2) is 11.0. The summed E-state index contributed by atoms with van der Waals surface area (Å²) in [5.41, 5.74) is 3.17. The molecule has 1 fully saturated rings. The van der Waals surface area contributed by atoms with Crippen LogP contribution in [0.25, 0.3) is 22.3 Å². The molecule has 33 heavy (non-hydrogen) atoms. The van der Waals surface area contributed by atoms with Gasteiger partial charge in [-0.1, -0.05) is 93.6 Å². The lowest BCUT2D eigenvalue weighted by Gasteiger charge is -2.37. The van der Waals surface area contributed by atoms with Crippen LogP contribution in [-0.2, 0) is 0 Å². The SMILES string of the molecule is CCCC1CCCCC1C(CCF)c1cc(F)c(-c2ccc(-c3ccccc3)cc2)c(F)c1. The van der Waals surface area contributed by atoms with Crippen molar-refractivity contribution in [3.63, 3.8) is 0 Å². The van der Waals surface area contributed by atoms with Crippen LogP contribution in [0, 0.1) is 23.5 Å². The molecule has 0 aliphatic heterocycles. The summed E-state index contributed by atoms with van der Waals surface area (Å²) in [5, 5.41) is 0. The third kappa shape index (κ3) is 5.34. The molecule has 1 aliphatic rings. The number of benzene rings is 3. The zero-order chi connectivity index (χ0) is 23.2. The van der Waals surface area contributed by atoms with Crippen molar-refractivity contribution in [1.29, 1.82) is 0 Å². The van der Waals surface area contributed by atoms with Crippen molar-refractivity contribution in [2.75, 3.05) is 6.67 Å². The van der Waals surface area contributed by atoms with Crippen LogP contribution in [0.5, 0.6) is 0 Å². The molecular formula is C30H33F3. The smallest absolute Gasteiger partial charge is 0.134 e. The second-order valence-corrected chi connectivity index (χ2v) is 9.38. The molecule has 3 unspecified atom stereocenters. The summed E-state index contributed by atoms with van der Waals surface area (Å²) < 4.78 is 44.1. The Labute approximate surface area is 195 Å². The normalized spacial score (nSPS) is 19.4. The molecule has 174 valence electrons. The summed E-state index contributed by atoms with van der Waals surface area (Å²) in [6.07, 6.45) is 6.98. The number of hydrogen-bond donors (Lipinski definition) is 0. The Morgan fingerprint density at radius 1 is 0.818 bits per heavy atom. The first-order chi connectivity index (χ1) is 16.1. The van der Waals surface area contributed by atoms with Crippen molar-refractivity contribution in [2.24, 2.45) is 11.8 Å². The maximum atomic E-state index is 15.3. The van der Waals surface area contributed by atoms with Crippen LogP contribution in [-0.4, -0.2) is 6.67 Å². The standard InChI is InChI=1S/C30H33F3/c1-2-8-23-11-6-7-12-26(23)27(17-18-31)25-19-28(32)30(29(33)20-25)24-15-13-22(14-16-24)21-9-4-3-5-10-21/h3-5,9-10,13-16,19-20,23,26-27H,2,6-8,11-12,17-18H2,1H3. The molecule has 0 spiro atoms. The number of hydrogen-bond acceptors (Lipinski definition) is 0. The van der Waals surface area contributed by atoms with Gasteiger partial charge in [-0.15, -0.1) is 0 Å². The molecule has 0 heterocycles. The van der Waals surface area contributed by atoms with Gasteiger partial charge in [0.1, 0.15) is 11.6 Å². The van der Waals surface area contributed by atoms with E-state index in [1.807, 2.05) is 42.5 Å². The first-order valence-electron chi connectivity index (χ1n) is 12.3. The van der Waals surface area contributed by atoms with E-state index in [-0.39, 0.29) is 11.5 Å². The average Bonchev–Trinajstić information content (AvgIpc) is 2.84. The van der Waals surface area contributed by atoms with Crippen LogP contribution in [0.1, 0.15) is 63.4 Å². The molecule has 0 N–H and O–H groups in total. The van der Waals surface area contributed by atoms with E-state index >= 15 is 8.78 Å². The molecule has 1 aliphatic carbocycles. The van der Waals surface area contributed by atoms with Crippen molar-refractivity contribution in [2.45, 2.75) is 57.8 Å². The Kier molecular flexibility index (Phi) is 7.90. The first-order valence-corrected chi connectivity index (χ1v) is 12.3. The van der Waals surface area contributed by atoms with Gasteiger partial charge in [-0.05, 0) is 65.0 Å². The molecule has 1 saturated carbocycles. The summed E-state index contributed by atoms with van der Waals surface area (Å²) in [6.45, 7) is 1.71. The van der Waals surface area contributed by atoms with Crippen LogP contribution in [0.3, 0.4) is 0 Å². The second-order valence-electron chi connectivity index (χ2n) is 9.38. The van der Waals surface area contributed by atoms with E-state index in [4.69, 9.17) is 0 Å². The molecule has 0 nitrogen and oxygen atoms in total. The summed E-state index contributed by atoms with van der Waals surface area (Å²) in [6, 6.07) is 20.1. The van der Waals surface area contributed by atoms with E-state index in [1.165, 1.54) is 18.6 Å². The van der Waals surface area contributed by atoms with Gasteiger partial charge in [0.2, 0.25) is 0 Å². The minimum Gasteiger partial charge on any atom is -0.251 e. The van der Waals surface area contributed by atoms with E-state index in [2.05, 4.69) is 6.92 Å². The molecule has 0 aromatic heterocycles. The molecule has 0 amide bonds. The summed E-state index contributed by atoms with van der Waals surface area (Å²) in [5.74, 6) is -0.459. The Hall–Kier alpha value is -2.55. The van der Waals surface area contributed by atoms with Gasteiger partial charge in [0.05, 0.1) is 12.2 Å². The maximum Gasteiger partial charge on any atom is 0.134 e. The van der Waals surface area contributed by atoms with Gasteiger partial charge in [0, 0.05) is 0 Å². The molecule has 3 atom stereocenters. The zero-order valence-corrected chi connectivity index (χ0v) is 19.4. The fourth-order valence-electron chi connectivity index (χ4n) is 5.78. The predicted molar refractivity (Wildman–Crippen MR) is 131 cm³/mol. The number of rotatable bonds is 8. The van der Waals surface area contributed by atoms with Crippen molar-refractivity contribution >= 4 is 0 Å². The van der Waals surface area contributed by atoms with Gasteiger partial charge in [0.25, 0.3) is 0 Å². The zero-order valence-electron chi connectivity index (χ0n) is 19.4. The van der Waals surface area contributed by atoms with Crippen molar-refractivity contribution in [1.82, 2.24) is 0 Å². The molecule has 0 radical (unpaired) electrons. The number of halogens is 3. The van der Waals surface area contributed by atoms with E-state index in [1.54, 1.807) is 12.1 Å². The molecule has 0 saturated heterocycles. The Balaban J connectivity index is 1.64. The third-order valence-corrected chi connectivity index (χ3v) is 7.34. The van der Waals surface area contributed by atoms with Crippen LogP contribution in [0.15, 0.2) is 66.7 Å². The summed E-state index contributed by atoms with van der Waals surface area (Å²) in [7, 11) is 0. The fourth-order valence-corrected chi connectivity index (χ4v) is 5.78. The van der Waals surface area contributed by atoms with Crippen molar-refractivity contribution in [3.05, 3.63) is 83.9 Å². The fraction of sp³-hybridized carbons (Fsp3) is 0.400. The lowest BCUT2D eigenvalue weighted by atomic mass is 9.68.